The minimum absolute atomic E-state index is 0.212. The van der Waals surface area contributed by atoms with E-state index in [1.165, 1.54) is 25.3 Å². The number of anilines is 1. The van der Waals surface area contributed by atoms with Crippen LogP contribution < -0.4 is 15.8 Å². The third-order valence-corrected chi connectivity index (χ3v) is 3.06. The van der Waals surface area contributed by atoms with Gasteiger partial charge in [0.15, 0.2) is 0 Å². The Morgan fingerprint density at radius 1 is 1.24 bits per heavy atom. The van der Waals surface area contributed by atoms with E-state index >= 15 is 0 Å². The zero-order valence-electron chi connectivity index (χ0n) is 11.2. The van der Waals surface area contributed by atoms with Crippen molar-refractivity contribution < 1.29 is 13.9 Å². The monoisotopic (exact) mass is 304 g/mol. The SMILES string of the molecule is COc1cc(F)ccc1NC(=O)c1cccc(C(N)=S)c1. The van der Waals surface area contributed by atoms with Crippen molar-refractivity contribution in [2.24, 2.45) is 5.73 Å². The fourth-order valence-corrected chi connectivity index (χ4v) is 1.90. The molecule has 4 nitrogen and oxygen atoms in total. The molecular formula is C15H13FN2O2S. The van der Waals surface area contributed by atoms with Gasteiger partial charge in [-0.3, -0.25) is 4.79 Å². The maximum atomic E-state index is 13.1. The van der Waals surface area contributed by atoms with Crippen molar-refractivity contribution >= 4 is 28.8 Å². The number of thiocarbonyl (C=S) groups is 1. The van der Waals surface area contributed by atoms with Crippen molar-refractivity contribution in [3.63, 3.8) is 0 Å². The van der Waals surface area contributed by atoms with Crippen LogP contribution in [0.25, 0.3) is 0 Å². The van der Waals surface area contributed by atoms with E-state index in [1.807, 2.05) is 0 Å². The summed E-state index contributed by atoms with van der Waals surface area (Å²) in [6, 6.07) is 10.5. The van der Waals surface area contributed by atoms with Crippen molar-refractivity contribution in [3.05, 3.63) is 59.4 Å². The largest absolute Gasteiger partial charge is 0.494 e. The molecule has 0 aliphatic heterocycles. The Labute approximate surface area is 126 Å². The number of benzene rings is 2. The summed E-state index contributed by atoms with van der Waals surface area (Å²) in [5.41, 5.74) is 6.91. The topological polar surface area (TPSA) is 64.3 Å². The number of nitrogens with two attached hydrogens (primary N) is 1. The minimum atomic E-state index is -0.444. The molecule has 2 rings (SSSR count). The van der Waals surface area contributed by atoms with Crippen LogP contribution in [0.5, 0.6) is 5.75 Å². The van der Waals surface area contributed by atoms with Gasteiger partial charge >= 0.3 is 0 Å². The fraction of sp³-hybridized carbons (Fsp3) is 0.0667. The second-order valence-corrected chi connectivity index (χ2v) is 4.68. The molecule has 0 aliphatic rings. The fourth-order valence-electron chi connectivity index (χ4n) is 1.78. The molecule has 0 atom stereocenters. The first kappa shape index (κ1) is 14.9. The molecule has 108 valence electrons. The molecule has 2 aromatic carbocycles. The molecule has 3 N–H and O–H groups in total. The number of rotatable bonds is 4. The van der Waals surface area contributed by atoms with E-state index in [2.05, 4.69) is 5.32 Å². The summed E-state index contributed by atoms with van der Waals surface area (Å²) in [5, 5.41) is 2.66. The van der Waals surface area contributed by atoms with Gasteiger partial charge in [-0.05, 0) is 24.3 Å². The highest BCUT2D eigenvalue weighted by molar-refractivity contribution is 7.80. The van der Waals surface area contributed by atoms with Crippen molar-refractivity contribution in [2.75, 3.05) is 12.4 Å². The third kappa shape index (κ3) is 3.55. The van der Waals surface area contributed by atoms with E-state index in [1.54, 1.807) is 24.3 Å². The lowest BCUT2D eigenvalue weighted by molar-refractivity contribution is 0.102. The first-order valence-electron chi connectivity index (χ1n) is 6.06. The Morgan fingerprint density at radius 2 is 1.95 bits per heavy atom. The molecule has 0 saturated carbocycles. The number of ether oxygens (including phenoxy) is 1. The second-order valence-electron chi connectivity index (χ2n) is 4.24. The molecule has 1 amide bonds. The van der Waals surface area contributed by atoms with Gasteiger partial charge in [-0.15, -0.1) is 0 Å². The Bertz CT molecular complexity index is 704. The molecule has 0 heterocycles. The Morgan fingerprint density at radius 3 is 2.62 bits per heavy atom. The van der Waals surface area contributed by atoms with Crippen molar-refractivity contribution in [1.82, 2.24) is 0 Å². The molecule has 0 aliphatic carbocycles. The summed E-state index contributed by atoms with van der Waals surface area (Å²) in [4.78, 5) is 12.4. The lowest BCUT2D eigenvalue weighted by Gasteiger charge is -2.10. The Kier molecular flexibility index (Phi) is 4.49. The molecule has 21 heavy (non-hydrogen) atoms. The van der Waals surface area contributed by atoms with Gasteiger partial charge in [0.2, 0.25) is 0 Å². The zero-order valence-corrected chi connectivity index (χ0v) is 12.0. The minimum Gasteiger partial charge on any atom is -0.494 e. The van der Waals surface area contributed by atoms with E-state index in [9.17, 15) is 9.18 Å². The van der Waals surface area contributed by atoms with Crippen LogP contribution >= 0.6 is 12.2 Å². The average Bonchev–Trinajstić information content (AvgIpc) is 2.49. The van der Waals surface area contributed by atoms with Gasteiger partial charge in [0, 0.05) is 17.2 Å². The van der Waals surface area contributed by atoms with Gasteiger partial charge in [-0.1, -0.05) is 24.4 Å². The summed E-state index contributed by atoms with van der Waals surface area (Å²) < 4.78 is 18.1. The van der Waals surface area contributed by atoms with Crippen molar-refractivity contribution in [1.29, 1.82) is 0 Å². The summed E-state index contributed by atoms with van der Waals surface area (Å²) >= 11 is 4.88. The maximum absolute atomic E-state index is 13.1. The lowest BCUT2D eigenvalue weighted by Crippen LogP contribution is -2.15. The van der Waals surface area contributed by atoms with Gasteiger partial charge in [0.25, 0.3) is 5.91 Å². The van der Waals surface area contributed by atoms with Crippen LogP contribution in [0.1, 0.15) is 15.9 Å². The van der Waals surface area contributed by atoms with Crippen LogP contribution in [0.4, 0.5) is 10.1 Å². The van der Waals surface area contributed by atoms with Crippen LogP contribution in [-0.4, -0.2) is 18.0 Å². The molecule has 0 spiro atoms. The molecule has 0 bridgehead atoms. The van der Waals surface area contributed by atoms with Crippen LogP contribution in [0.15, 0.2) is 42.5 Å². The molecule has 0 unspecified atom stereocenters. The van der Waals surface area contributed by atoms with Crippen molar-refractivity contribution in [3.8, 4) is 5.75 Å². The highest BCUT2D eigenvalue weighted by Gasteiger charge is 2.11. The molecule has 0 fully saturated rings. The summed E-state index contributed by atoms with van der Waals surface area (Å²) in [6.45, 7) is 0. The highest BCUT2D eigenvalue weighted by atomic mass is 32.1. The number of carbonyl (C=O) groups is 1. The van der Waals surface area contributed by atoms with Crippen LogP contribution in [0, 0.1) is 5.82 Å². The number of methoxy groups -OCH3 is 1. The summed E-state index contributed by atoms with van der Waals surface area (Å²) in [6.07, 6.45) is 0. The van der Waals surface area contributed by atoms with Crippen molar-refractivity contribution in [2.45, 2.75) is 0 Å². The standard InChI is InChI=1S/C15H13FN2O2S/c1-20-13-8-11(16)5-6-12(13)18-15(19)10-4-2-3-9(7-10)14(17)21/h2-8H,1H3,(H2,17,21)(H,18,19). The first-order valence-corrected chi connectivity index (χ1v) is 6.47. The normalized spacial score (nSPS) is 10.0. The van der Waals surface area contributed by atoms with Gasteiger partial charge < -0.3 is 15.8 Å². The van der Waals surface area contributed by atoms with Crippen LogP contribution in [0.2, 0.25) is 0 Å². The van der Waals surface area contributed by atoms with Gasteiger partial charge in [0.1, 0.15) is 16.6 Å². The Balaban J connectivity index is 2.26. The summed E-state index contributed by atoms with van der Waals surface area (Å²) in [5.74, 6) is -0.563. The number of carbonyl (C=O) groups excluding carboxylic acids is 1. The molecule has 0 radical (unpaired) electrons. The molecule has 0 aromatic heterocycles. The van der Waals surface area contributed by atoms with Gasteiger partial charge in [0.05, 0.1) is 12.8 Å². The van der Waals surface area contributed by atoms with E-state index in [4.69, 9.17) is 22.7 Å². The molecule has 6 heteroatoms. The van der Waals surface area contributed by atoms with Crippen LogP contribution in [0.3, 0.4) is 0 Å². The first-order chi connectivity index (χ1) is 10.0. The lowest BCUT2D eigenvalue weighted by atomic mass is 10.1. The van der Waals surface area contributed by atoms with E-state index in [0.29, 0.717) is 16.8 Å². The maximum Gasteiger partial charge on any atom is 0.255 e. The van der Waals surface area contributed by atoms with Gasteiger partial charge in [-0.25, -0.2) is 4.39 Å². The molecule has 2 aromatic rings. The second kappa shape index (κ2) is 6.32. The third-order valence-electron chi connectivity index (χ3n) is 2.82. The van der Waals surface area contributed by atoms with E-state index in [0.717, 1.165) is 0 Å². The quantitative estimate of drug-likeness (QED) is 0.853. The number of nitrogens with one attached hydrogen (secondary N) is 1. The van der Waals surface area contributed by atoms with Crippen LogP contribution in [-0.2, 0) is 0 Å². The predicted octanol–water partition coefficient (Wildman–Crippen LogP) is 2.72. The average molecular weight is 304 g/mol. The smallest absolute Gasteiger partial charge is 0.255 e. The Hall–Kier alpha value is -2.47. The number of halogens is 1. The zero-order chi connectivity index (χ0) is 15.4. The predicted molar refractivity (Wildman–Crippen MR) is 83.2 cm³/mol. The van der Waals surface area contributed by atoms with Gasteiger partial charge in [-0.2, -0.15) is 0 Å². The molecular weight excluding hydrogens is 291 g/mol. The highest BCUT2D eigenvalue weighted by Crippen LogP contribution is 2.25. The number of amides is 1. The molecule has 0 saturated heterocycles. The van der Waals surface area contributed by atoms with E-state index < -0.39 is 5.82 Å². The van der Waals surface area contributed by atoms with E-state index in [-0.39, 0.29) is 16.6 Å². The number of hydrogen-bond acceptors (Lipinski definition) is 3. The summed E-state index contributed by atoms with van der Waals surface area (Å²) in [7, 11) is 1.40. The number of hydrogen-bond donors (Lipinski definition) is 2.